The Morgan fingerprint density at radius 1 is 1.50 bits per heavy atom. The van der Waals surface area contributed by atoms with Gasteiger partial charge in [0, 0.05) is 11.9 Å². The van der Waals surface area contributed by atoms with Crippen LogP contribution in [0.1, 0.15) is 18.5 Å². The van der Waals surface area contributed by atoms with Crippen molar-refractivity contribution in [3.05, 3.63) is 35.6 Å². The van der Waals surface area contributed by atoms with Gasteiger partial charge in [0.2, 0.25) is 10.0 Å². The van der Waals surface area contributed by atoms with Crippen LogP contribution in [0.25, 0.3) is 0 Å². The molecular formula is C10H13ClFNO2S. The van der Waals surface area contributed by atoms with E-state index in [-0.39, 0.29) is 17.5 Å². The van der Waals surface area contributed by atoms with E-state index >= 15 is 0 Å². The minimum atomic E-state index is -3.40. The van der Waals surface area contributed by atoms with Crippen LogP contribution in [0.4, 0.5) is 4.39 Å². The summed E-state index contributed by atoms with van der Waals surface area (Å²) < 4.78 is 38.2. The molecule has 0 saturated carbocycles. The largest absolute Gasteiger partial charge is 0.213 e. The fourth-order valence-electron chi connectivity index (χ4n) is 1.27. The van der Waals surface area contributed by atoms with Gasteiger partial charge in [-0.3, -0.25) is 0 Å². The van der Waals surface area contributed by atoms with Crippen LogP contribution in [-0.2, 0) is 10.0 Å². The maximum atomic E-state index is 12.9. The number of hydrogen-bond acceptors (Lipinski definition) is 2. The summed E-state index contributed by atoms with van der Waals surface area (Å²) in [5.74, 6) is -0.500. The first-order valence-corrected chi connectivity index (χ1v) is 6.95. The van der Waals surface area contributed by atoms with Crippen molar-refractivity contribution in [3.63, 3.8) is 0 Å². The summed E-state index contributed by atoms with van der Waals surface area (Å²) >= 11 is 5.36. The molecule has 1 N–H and O–H groups in total. The molecule has 0 amide bonds. The highest BCUT2D eigenvalue weighted by Gasteiger charge is 2.15. The molecule has 0 saturated heterocycles. The molecule has 0 aliphatic rings. The van der Waals surface area contributed by atoms with E-state index in [0.717, 1.165) is 0 Å². The molecule has 1 aromatic rings. The summed E-state index contributed by atoms with van der Waals surface area (Å²) in [6.45, 7) is 1.65. The fraction of sp³-hybridized carbons (Fsp3) is 0.400. The van der Waals surface area contributed by atoms with Gasteiger partial charge >= 0.3 is 0 Å². The van der Waals surface area contributed by atoms with E-state index in [0.29, 0.717) is 5.56 Å². The highest BCUT2D eigenvalue weighted by Crippen LogP contribution is 2.14. The molecule has 6 heteroatoms. The van der Waals surface area contributed by atoms with Crippen LogP contribution in [0.5, 0.6) is 0 Å². The van der Waals surface area contributed by atoms with Crippen molar-refractivity contribution in [2.24, 2.45) is 0 Å². The van der Waals surface area contributed by atoms with Crippen molar-refractivity contribution in [1.29, 1.82) is 0 Å². The average Bonchev–Trinajstić information content (AvgIpc) is 2.16. The van der Waals surface area contributed by atoms with E-state index in [4.69, 9.17) is 11.6 Å². The second-order valence-corrected chi connectivity index (χ2v) is 5.65. The Labute approximate surface area is 99.7 Å². The highest BCUT2D eigenvalue weighted by atomic mass is 35.5. The Kier molecular flexibility index (Phi) is 4.70. The van der Waals surface area contributed by atoms with E-state index in [2.05, 4.69) is 4.72 Å². The van der Waals surface area contributed by atoms with Crippen LogP contribution in [0.2, 0.25) is 0 Å². The maximum absolute atomic E-state index is 12.9. The zero-order chi connectivity index (χ0) is 12.2. The summed E-state index contributed by atoms with van der Waals surface area (Å²) in [7, 11) is -3.40. The summed E-state index contributed by atoms with van der Waals surface area (Å²) in [4.78, 5) is 0. The molecule has 1 rings (SSSR count). The Morgan fingerprint density at radius 2 is 2.19 bits per heavy atom. The fourth-order valence-corrected chi connectivity index (χ4v) is 2.88. The van der Waals surface area contributed by atoms with Crippen molar-refractivity contribution < 1.29 is 12.8 Å². The first-order valence-electron chi connectivity index (χ1n) is 4.76. The minimum absolute atomic E-state index is 0.0329. The average molecular weight is 266 g/mol. The van der Waals surface area contributed by atoms with Crippen LogP contribution in [0, 0.1) is 5.82 Å². The third kappa shape index (κ3) is 4.08. The first kappa shape index (κ1) is 13.4. The lowest BCUT2D eigenvalue weighted by Crippen LogP contribution is -2.29. The minimum Gasteiger partial charge on any atom is -0.212 e. The van der Waals surface area contributed by atoms with Gasteiger partial charge in [0.05, 0.1) is 5.75 Å². The molecule has 16 heavy (non-hydrogen) atoms. The molecular weight excluding hydrogens is 253 g/mol. The Hall–Kier alpha value is -0.650. The summed E-state index contributed by atoms with van der Waals surface area (Å²) in [5.41, 5.74) is 0.582. The molecule has 0 heterocycles. The maximum Gasteiger partial charge on any atom is 0.213 e. The highest BCUT2D eigenvalue weighted by molar-refractivity contribution is 7.89. The van der Waals surface area contributed by atoms with Crippen molar-refractivity contribution in [1.82, 2.24) is 4.72 Å². The van der Waals surface area contributed by atoms with Gasteiger partial charge in [-0.1, -0.05) is 12.1 Å². The van der Waals surface area contributed by atoms with E-state index < -0.39 is 16.1 Å². The van der Waals surface area contributed by atoms with Crippen LogP contribution < -0.4 is 4.72 Å². The molecule has 0 radical (unpaired) electrons. The number of rotatable bonds is 5. The lowest BCUT2D eigenvalue weighted by molar-refractivity contribution is 0.566. The number of benzene rings is 1. The van der Waals surface area contributed by atoms with Crippen molar-refractivity contribution in [3.8, 4) is 0 Å². The Morgan fingerprint density at radius 3 is 2.75 bits per heavy atom. The molecule has 1 aromatic carbocycles. The van der Waals surface area contributed by atoms with E-state index in [1.54, 1.807) is 13.0 Å². The van der Waals surface area contributed by atoms with Crippen molar-refractivity contribution >= 4 is 21.6 Å². The van der Waals surface area contributed by atoms with Crippen LogP contribution >= 0.6 is 11.6 Å². The molecule has 3 nitrogen and oxygen atoms in total. The van der Waals surface area contributed by atoms with E-state index in [9.17, 15) is 12.8 Å². The molecule has 0 aliphatic heterocycles. The number of alkyl halides is 1. The van der Waals surface area contributed by atoms with Crippen LogP contribution in [0.15, 0.2) is 24.3 Å². The molecule has 0 aromatic heterocycles. The zero-order valence-electron chi connectivity index (χ0n) is 8.78. The van der Waals surface area contributed by atoms with Gasteiger partial charge in [0.15, 0.2) is 0 Å². The van der Waals surface area contributed by atoms with Crippen LogP contribution in [-0.4, -0.2) is 20.1 Å². The third-order valence-electron chi connectivity index (χ3n) is 2.05. The molecule has 90 valence electrons. The number of halogens is 2. The molecule has 0 spiro atoms. The van der Waals surface area contributed by atoms with Gasteiger partial charge in [-0.25, -0.2) is 17.5 Å². The second kappa shape index (κ2) is 5.61. The van der Waals surface area contributed by atoms with E-state index in [1.807, 2.05) is 0 Å². The quantitative estimate of drug-likeness (QED) is 0.829. The number of hydrogen-bond donors (Lipinski definition) is 1. The van der Waals surface area contributed by atoms with Gasteiger partial charge < -0.3 is 0 Å². The van der Waals surface area contributed by atoms with Gasteiger partial charge in [0.1, 0.15) is 5.82 Å². The Bertz CT molecular complexity index is 450. The normalized spacial score (nSPS) is 13.7. The SMILES string of the molecule is C[C@@H](NS(=O)(=O)CCCl)c1cccc(F)c1. The molecule has 0 unspecified atom stereocenters. The zero-order valence-corrected chi connectivity index (χ0v) is 10.4. The van der Waals surface area contributed by atoms with Gasteiger partial charge in [-0.2, -0.15) is 0 Å². The first-order chi connectivity index (χ1) is 7.44. The van der Waals surface area contributed by atoms with Crippen molar-refractivity contribution in [2.75, 3.05) is 11.6 Å². The second-order valence-electron chi connectivity index (χ2n) is 3.40. The topological polar surface area (TPSA) is 46.2 Å². The predicted octanol–water partition coefficient (Wildman–Crippen LogP) is 2.04. The van der Waals surface area contributed by atoms with E-state index in [1.165, 1.54) is 18.2 Å². The monoisotopic (exact) mass is 265 g/mol. The molecule has 0 fully saturated rings. The molecule has 0 bridgehead atoms. The summed E-state index contributed by atoms with van der Waals surface area (Å²) in [6.07, 6.45) is 0. The molecule has 0 aliphatic carbocycles. The van der Waals surface area contributed by atoms with Gasteiger partial charge in [0.25, 0.3) is 0 Å². The number of sulfonamides is 1. The van der Waals surface area contributed by atoms with Gasteiger partial charge in [-0.05, 0) is 24.6 Å². The van der Waals surface area contributed by atoms with Gasteiger partial charge in [-0.15, -0.1) is 11.6 Å². The van der Waals surface area contributed by atoms with Crippen LogP contribution in [0.3, 0.4) is 0 Å². The predicted molar refractivity (Wildman–Crippen MR) is 62.5 cm³/mol. The standard InChI is InChI=1S/C10H13ClFNO2S/c1-8(13-16(14,15)6-5-11)9-3-2-4-10(12)7-9/h2-4,7-8,13H,5-6H2,1H3/t8-/m1/s1. The smallest absolute Gasteiger partial charge is 0.212 e. The summed E-state index contributed by atoms with van der Waals surface area (Å²) in [5, 5.41) is 0. The molecule has 1 atom stereocenters. The lowest BCUT2D eigenvalue weighted by atomic mass is 10.1. The lowest BCUT2D eigenvalue weighted by Gasteiger charge is -2.13. The summed E-state index contributed by atoms with van der Waals surface area (Å²) in [6, 6.07) is 5.34. The number of nitrogens with one attached hydrogen (secondary N) is 1. The third-order valence-corrected chi connectivity index (χ3v) is 3.92. The Balaban J connectivity index is 2.76. The van der Waals surface area contributed by atoms with Crippen molar-refractivity contribution in [2.45, 2.75) is 13.0 Å².